The number of ketones is 1. The largest absolute Gasteiger partial charge is 0.402 e. The summed E-state index contributed by atoms with van der Waals surface area (Å²) in [6.07, 6.45) is 2.90. The van der Waals surface area contributed by atoms with Crippen LogP contribution in [0.2, 0.25) is 0 Å². The fourth-order valence-electron chi connectivity index (χ4n) is 1.60. The molecule has 0 aliphatic carbocycles. The first kappa shape index (κ1) is 14.2. The minimum atomic E-state index is 0.0588. The topological polar surface area (TPSA) is 43.1 Å². The first-order valence-corrected chi connectivity index (χ1v) is 6.23. The molecule has 0 aromatic heterocycles. The van der Waals surface area contributed by atoms with Crippen LogP contribution in [0.25, 0.3) is 5.57 Å². The predicted molar refractivity (Wildman–Crippen MR) is 77.2 cm³/mol. The molecule has 2 nitrogen and oxygen atoms in total. The predicted octanol–water partition coefficient (Wildman–Crippen LogP) is 3.79. The van der Waals surface area contributed by atoms with Gasteiger partial charge in [-0.2, -0.15) is 0 Å². The SMILES string of the molecule is C=C(/C=C(/N)C(C)CC)c1cccc(C(C)=O)c1. The van der Waals surface area contributed by atoms with Crippen LogP contribution in [0.4, 0.5) is 0 Å². The third-order valence-corrected chi connectivity index (χ3v) is 3.16. The summed E-state index contributed by atoms with van der Waals surface area (Å²) >= 11 is 0. The standard InChI is InChI=1S/C16H21NO/c1-5-11(2)16(17)9-12(3)14-7-6-8-15(10-14)13(4)18/h6-11H,3,5,17H2,1-2,4H3/b16-9+. The molecule has 0 spiro atoms. The van der Waals surface area contributed by atoms with Gasteiger partial charge in [-0.05, 0) is 42.5 Å². The molecule has 96 valence electrons. The van der Waals surface area contributed by atoms with Crippen LogP contribution in [0, 0.1) is 5.92 Å². The summed E-state index contributed by atoms with van der Waals surface area (Å²) in [6, 6.07) is 7.46. The third kappa shape index (κ3) is 3.59. The van der Waals surface area contributed by atoms with Crippen LogP contribution in [0.15, 0.2) is 42.6 Å². The average molecular weight is 243 g/mol. The lowest BCUT2D eigenvalue weighted by Crippen LogP contribution is -2.07. The van der Waals surface area contributed by atoms with E-state index in [0.29, 0.717) is 11.5 Å². The smallest absolute Gasteiger partial charge is 0.159 e. The number of carbonyl (C=O) groups is 1. The van der Waals surface area contributed by atoms with E-state index in [-0.39, 0.29) is 5.78 Å². The normalized spacial score (nSPS) is 13.2. The summed E-state index contributed by atoms with van der Waals surface area (Å²) in [5, 5.41) is 0. The fraction of sp³-hybridized carbons (Fsp3) is 0.312. The van der Waals surface area contributed by atoms with Crippen LogP contribution in [0.1, 0.15) is 43.1 Å². The van der Waals surface area contributed by atoms with Gasteiger partial charge in [0.2, 0.25) is 0 Å². The lowest BCUT2D eigenvalue weighted by atomic mass is 9.98. The Morgan fingerprint density at radius 3 is 2.61 bits per heavy atom. The van der Waals surface area contributed by atoms with Crippen LogP contribution in [-0.2, 0) is 0 Å². The minimum absolute atomic E-state index is 0.0588. The minimum Gasteiger partial charge on any atom is -0.402 e. The third-order valence-electron chi connectivity index (χ3n) is 3.16. The van der Waals surface area contributed by atoms with E-state index in [9.17, 15) is 4.79 Å². The van der Waals surface area contributed by atoms with Gasteiger partial charge in [-0.1, -0.05) is 38.6 Å². The van der Waals surface area contributed by atoms with Gasteiger partial charge in [0.05, 0.1) is 0 Å². The van der Waals surface area contributed by atoms with Gasteiger partial charge >= 0.3 is 0 Å². The molecular weight excluding hydrogens is 222 g/mol. The quantitative estimate of drug-likeness (QED) is 0.631. The maximum Gasteiger partial charge on any atom is 0.159 e. The van der Waals surface area contributed by atoms with Crippen molar-refractivity contribution in [3.05, 3.63) is 53.7 Å². The summed E-state index contributed by atoms with van der Waals surface area (Å²) in [5.41, 5.74) is 9.31. The van der Waals surface area contributed by atoms with E-state index in [0.717, 1.165) is 23.3 Å². The highest BCUT2D eigenvalue weighted by Gasteiger charge is 2.05. The molecule has 1 aromatic rings. The molecule has 0 radical (unpaired) electrons. The van der Waals surface area contributed by atoms with Crippen LogP contribution >= 0.6 is 0 Å². The molecule has 0 bridgehead atoms. The monoisotopic (exact) mass is 243 g/mol. The molecule has 0 saturated heterocycles. The fourth-order valence-corrected chi connectivity index (χ4v) is 1.60. The Morgan fingerprint density at radius 2 is 2.06 bits per heavy atom. The number of carbonyl (C=O) groups excluding carboxylic acids is 1. The number of rotatable bonds is 5. The van der Waals surface area contributed by atoms with Crippen molar-refractivity contribution in [1.29, 1.82) is 0 Å². The number of hydrogen-bond donors (Lipinski definition) is 1. The van der Waals surface area contributed by atoms with E-state index in [2.05, 4.69) is 20.4 Å². The molecule has 1 atom stereocenters. The first-order chi connectivity index (χ1) is 8.45. The Labute approximate surface area is 109 Å². The van der Waals surface area contributed by atoms with Crippen molar-refractivity contribution in [2.45, 2.75) is 27.2 Å². The zero-order chi connectivity index (χ0) is 13.7. The Kier molecular flexibility index (Phi) is 4.90. The molecule has 1 aromatic carbocycles. The van der Waals surface area contributed by atoms with Crippen LogP contribution in [0.5, 0.6) is 0 Å². The number of Topliss-reactive ketones (excluding diaryl/α,β-unsaturated/α-hetero) is 1. The number of hydrogen-bond acceptors (Lipinski definition) is 2. The Bertz CT molecular complexity index is 486. The van der Waals surface area contributed by atoms with Crippen molar-refractivity contribution >= 4 is 11.4 Å². The van der Waals surface area contributed by atoms with Crippen molar-refractivity contribution in [3.8, 4) is 0 Å². The van der Waals surface area contributed by atoms with Gasteiger partial charge in [0.1, 0.15) is 0 Å². The van der Waals surface area contributed by atoms with Crippen molar-refractivity contribution in [2.75, 3.05) is 0 Å². The Morgan fingerprint density at radius 1 is 1.44 bits per heavy atom. The van der Waals surface area contributed by atoms with Gasteiger partial charge in [0, 0.05) is 11.3 Å². The second kappa shape index (κ2) is 6.20. The summed E-state index contributed by atoms with van der Waals surface area (Å²) in [7, 11) is 0. The number of nitrogens with two attached hydrogens (primary N) is 1. The van der Waals surface area contributed by atoms with Gasteiger partial charge < -0.3 is 5.73 Å². The first-order valence-electron chi connectivity index (χ1n) is 6.23. The van der Waals surface area contributed by atoms with E-state index in [1.807, 2.05) is 24.3 Å². The van der Waals surface area contributed by atoms with E-state index in [1.165, 1.54) is 0 Å². The van der Waals surface area contributed by atoms with Crippen LogP contribution < -0.4 is 5.73 Å². The summed E-state index contributed by atoms with van der Waals surface area (Å²) in [5.74, 6) is 0.404. The molecule has 0 heterocycles. The average Bonchev–Trinajstić information content (AvgIpc) is 2.37. The van der Waals surface area contributed by atoms with Crippen molar-refractivity contribution in [3.63, 3.8) is 0 Å². The molecule has 0 aliphatic rings. The molecule has 1 rings (SSSR count). The molecule has 2 N–H and O–H groups in total. The van der Waals surface area contributed by atoms with E-state index >= 15 is 0 Å². The zero-order valence-electron chi connectivity index (χ0n) is 11.4. The number of benzene rings is 1. The van der Waals surface area contributed by atoms with Crippen molar-refractivity contribution < 1.29 is 4.79 Å². The maximum absolute atomic E-state index is 11.3. The molecule has 0 aliphatic heterocycles. The van der Waals surface area contributed by atoms with E-state index in [1.54, 1.807) is 13.0 Å². The van der Waals surface area contributed by atoms with E-state index < -0.39 is 0 Å². The molecule has 2 heteroatoms. The van der Waals surface area contributed by atoms with Gasteiger partial charge in [0.15, 0.2) is 5.78 Å². The lowest BCUT2D eigenvalue weighted by Gasteiger charge is -2.10. The highest BCUT2D eigenvalue weighted by atomic mass is 16.1. The van der Waals surface area contributed by atoms with Gasteiger partial charge in [0.25, 0.3) is 0 Å². The summed E-state index contributed by atoms with van der Waals surface area (Å²) < 4.78 is 0. The Balaban J connectivity index is 2.98. The number of allylic oxidation sites excluding steroid dienone is 3. The zero-order valence-corrected chi connectivity index (χ0v) is 11.4. The highest BCUT2D eigenvalue weighted by Crippen LogP contribution is 2.19. The molecule has 0 saturated carbocycles. The van der Waals surface area contributed by atoms with Crippen LogP contribution in [0.3, 0.4) is 0 Å². The second-order valence-corrected chi connectivity index (χ2v) is 4.62. The van der Waals surface area contributed by atoms with Crippen molar-refractivity contribution in [2.24, 2.45) is 11.7 Å². The van der Waals surface area contributed by atoms with Gasteiger partial charge in [-0.15, -0.1) is 0 Å². The lowest BCUT2D eigenvalue weighted by molar-refractivity contribution is 0.101. The molecule has 0 fully saturated rings. The molecule has 1 unspecified atom stereocenters. The summed E-state index contributed by atoms with van der Waals surface area (Å²) in [6.45, 7) is 9.77. The maximum atomic E-state index is 11.3. The summed E-state index contributed by atoms with van der Waals surface area (Å²) in [4.78, 5) is 11.3. The Hall–Kier alpha value is -1.83. The van der Waals surface area contributed by atoms with Crippen LogP contribution in [-0.4, -0.2) is 5.78 Å². The second-order valence-electron chi connectivity index (χ2n) is 4.62. The molecular formula is C16H21NO. The molecule has 18 heavy (non-hydrogen) atoms. The van der Waals surface area contributed by atoms with E-state index in [4.69, 9.17) is 5.73 Å². The highest BCUT2D eigenvalue weighted by molar-refractivity contribution is 5.95. The van der Waals surface area contributed by atoms with Gasteiger partial charge in [-0.3, -0.25) is 4.79 Å². The van der Waals surface area contributed by atoms with Gasteiger partial charge in [-0.25, -0.2) is 0 Å². The van der Waals surface area contributed by atoms with Crippen molar-refractivity contribution in [1.82, 2.24) is 0 Å². The molecule has 0 amide bonds.